The van der Waals surface area contributed by atoms with Gasteiger partial charge in [-0.15, -0.1) is 0 Å². The minimum Gasteiger partial charge on any atom is -0.351 e. The summed E-state index contributed by atoms with van der Waals surface area (Å²) in [6.07, 6.45) is 1.18. The van der Waals surface area contributed by atoms with Gasteiger partial charge in [0, 0.05) is 24.4 Å². The minimum absolute atomic E-state index is 0.153. The van der Waals surface area contributed by atoms with Crippen LogP contribution in [0.15, 0.2) is 24.3 Å². The van der Waals surface area contributed by atoms with E-state index in [1.54, 1.807) is 0 Å². The monoisotopic (exact) mass is 308 g/mol. The summed E-state index contributed by atoms with van der Waals surface area (Å²) in [4.78, 5) is 12.2. The number of carbonyl (C=O) groups excluding carboxylic acids is 1. The van der Waals surface area contributed by atoms with Crippen LogP contribution in [-0.2, 0) is 9.53 Å². The predicted octanol–water partition coefficient (Wildman–Crippen LogP) is 3.38. The molecule has 0 spiro atoms. The van der Waals surface area contributed by atoms with Crippen LogP contribution < -0.4 is 0 Å². The Balaban J connectivity index is 1.86. The summed E-state index contributed by atoms with van der Waals surface area (Å²) < 4.78 is 6.10. The number of halogens is 1. The van der Waals surface area contributed by atoms with E-state index in [-0.39, 0.29) is 23.8 Å². The molecule has 0 saturated carbocycles. The third-order valence-corrected chi connectivity index (χ3v) is 4.14. The summed E-state index contributed by atoms with van der Waals surface area (Å²) >= 11 is 5.97. The Bertz CT molecular complexity index is 538. The predicted molar refractivity (Wildman–Crippen MR) is 81.6 cm³/mol. The minimum atomic E-state index is -0.270. The quantitative estimate of drug-likeness (QED) is 0.839. The zero-order valence-electron chi connectivity index (χ0n) is 12.7. The van der Waals surface area contributed by atoms with Gasteiger partial charge in [0.15, 0.2) is 0 Å². The van der Waals surface area contributed by atoms with Crippen molar-refractivity contribution in [2.75, 3.05) is 6.54 Å². The first-order valence-corrected chi connectivity index (χ1v) is 7.75. The lowest BCUT2D eigenvalue weighted by Crippen LogP contribution is -2.42. The molecule has 114 valence electrons. The highest BCUT2D eigenvalue weighted by molar-refractivity contribution is 6.30. The van der Waals surface area contributed by atoms with E-state index in [4.69, 9.17) is 16.3 Å². The molecule has 4 nitrogen and oxygen atoms in total. The molecule has 0 radical (unpaired) electrons. The topological polar surface area (TPSA) is 32.8 Å². The van der Waals surface area contributed by atoms with Crippen molar-refractivity contribution in [2.45, 2.75) is 51.5 Å². The van der Waals surface area contributed by atoms with Gasteiger partial charge in [-0.3, -0.25) is 4.79 Å². The molecular weight excluding hydrogens is 288 g/mol. The van der Waals surface area contributed by atoms with E-state index in [0.29, 0.717) is 6.42 Å². The van der Waals surface area contributed by atoms with Crippen LogP contribution in [-0.4, -0.2) is 34.3 Å². The summed E-state index contributed by atoms with van der Waals surface area (Å²) in [5, 5.41) is 4.68. The second-order valence-electron chi connectivity index (χ2n) is 6.64. The third kappa shape index (κ3) is 2.93. The van der Waals surface area contributed by atoms with Gasteiger partial charge in [0.25, 0.3) is 0 Å². The Labute approximate surface area is 130 Å². The van der Waals surface area contributed by atoms with Crippen molar-refractivity contribution in [3.05, 3.63) is 34.9 Å². The van der Waals surface area contributed by atoms with E-state index in [2.05, 4.69) is 5.01 Å². The number of carbonyl (C=O) groups is 1. The van der Waals surface area contributed by atoms with Crippen LogP contribution >= 0.6 is 11.6 Å². The van der Waals surface area contributed by atoms with Crippen LogP contribution in [0.1, 0.15) is 45.2 Å². The molecule has 1 amide bonds. The number of ether oxygens (including phenoxy) is 1. The maximum Gasteiger partial charge on any atom is 0.240 e. The second-order valence-corrected chi connectivity index (χ2v) is 7.08. The summed E-state index contributed by atoms with van der Waals surface area (Å²) in [5.41, 5.74) is 0.910. The highest BCUT2D eigenvalue weighted by Crippen LogP contribution is 2.41. The fourth-order valence-electron chi connectivity index (χ4n) is 3.12. The van der Waals surface area contributed by atoms with Crippen LogP contribution in [0.4, 0.5) is 0 Å². The SMILES string of the molecule is CC(C)(C)O[C@@H]1C[C@H](c2ccc(Cl)cc2)N2CCC(=O)N12. The zero-order chi connectivity index (χ0) is 15.2. The Morgan fingerprint density at radius 1 is 1.24 bits per heavy atom. The van der Waals surface area contributed by atoms with E-state index in [1.807, 2.05) is 50.0 Å². The van der Waals surface area contributed by atoms with Crippen LogP contribution in [0.25, 0.3) is 0 Å². The standard InChI is InChI=1S/C16H21ClN2O2/c1-16(2,3)21-15-10-13(11-4-6-12(17)7-5-11)18-9-8-14(20)19(15)18/h4-7,13,15H,8-10H2,1-3H3/t13-,15-/m1/s1. The Kier molecular flexibility index (Phi) is 3.72. The van der Waals surface area contributed by atoms with Crippen LogP contribution in [0, 0.1) is 0 Å². The molecule has 2 aliphatic rings. The van der Waals surface area contributed by atoms with Crippen LogP contribution in [0.3, 0.4) is 0 Å². The van der Waals surface area contributed by atoms with Crippen molar-refractivity contribution in [1.29, 1.82) is 0 Å². The molecule has 2 aliphatic heterocycles. The molecule has 0 aliphatic carbocycles. The van der Waals surface area contributed by atoms with Gasteiger partial charge in [-0.1, -0.05) is 23.7 Å². The smallest absolute Gasteiger partial charge is 0.240 e. The first-order valence-electron chi connectivity index (χ1n) is 7.37. The number of hydrazine groups is 1. The van der Waals surface area contributed by atoms with Gasteiger partial charge in [-0.05, 0) is 38.5 Å². The fourth-order valence-corrected chi connectivity index (χ4v) is 3.25. The van der Waals surface area contributed by atoms with Gasteiger partial charge in [0.05, 0.1) is 11.6 Å². The molecule has 3 rings (SSSR count). The summed E-state index contributed by atoms with van der Waals surface area (Å²) in [7, 11) is 0. The molecule has 2 heterocycles. The van der Waals surface area contributed by atoms with Gasteiger partial charge in [0.2, 0.25) is 5.91 Å². The molecular formula is C16H21ClN2O2. The van der Waals surface area contributed by atoms with Crippen LogP contribution in [0.5, 0.6) is 0 Å². The largest absolute Gasteiger partial charge is 0.351 e. The molecule has 0 bridgehead atoms. The number of fused-ring (bicyclic) bond motifs is 1. The fraction of sp³-hybridized carbons (Fsp3) is 0.562. The zero-order valence-corrected chi connectivity index (χ0v) is 13.4. The number of amides is 1. The number of nitrogens with zero attached hydrogens (tertiary/aromatic N) is 2. The maximum absolute atomic E-state index is 12.2. The molecule has 21 heavy (non-hydrogen) atoms. The molecule has 0 N–H and O–H groups in total. The maximum atomic E-state index is 12.2. The third-order valence-electron chi connectivity index (χ3n) is 3.89. The lowest BCUT2D eigenvalue weighted by atomic mass is 10.0. The van der Waals surface area contributed by atoms with Crippen molar-refractivity contribution in [2.24, 2.45) is 0 Å². The Morgan fingerprint density at radius 2 is 1.90 bits per heavy atom. The van der Waals surface area contributed by atoms with Gasteiger partial charge >= 0.3 is 0 Å². The van der Waals surface area contributed by atoms with Gasteiger partial charge in [-0.25, -0.2) is 10.0 Å². The number of hydrogen-bond acceptors (Lipinski definition) is 3. The molecule has 1 aromatic carbocycles. The van der Waals surface area contributed by atoms with E-state index in [0.717, 1.165) is 18.0 Å². The van der Waals surface area contributed by atoms with Crippen LogP contribution in [0.2, 0.25) is 5.02 Å². The lowest BCUT2D eigenvalue weighted by Gasteiger charge is -2.31. The molecule has 0 unspecified atom stereocenters. The highest BCUT2D eigenvalue weighted by atomic mass is 35.5. The Hall–Kier alpha value is -1.10. The first-order chi connectivity index (χ1) is 9.85. The van der Waals surface area contributed by atoms with E-state index >= 15 is 0 Å². The molecule has 2 saturated heterocycles. The number of rotatable bonds is 2. The summed E-state index contributed by atoms with van der Waals surface area (Å²) in [5.74, 6) is 0.153. The molecule has 5 heteroatoms. The molecule has 0 aromatic heterocycles. The van der Waals surface area contributed by atoms with E-state index in [1.165, 1.54) is 5.56 Å². The van der Waals surface area contributed by atoms with E-state index in [9.17, 15) is 4.79 Å². The van der Waals surface area contributed by atoms with Crippen molar-refractivity contribution in [1.82, 2.24) is 10.0 Å². The molecule has 2 fully saturated rings. The average molecular weight is 309 g/mol. The lowest BCUT2D eigenvalue weighted by molar-refractivity contribution is -0.172. The van der Waals surface area contributed by atoms with E-state index < -0.39 is 0 Å². The highest BCUT2D eigenvalue weighted by Gasteiger charge is 2.48. The number of hydrogen-bond donors (Lipinski definition) is 0. The summed E-state index contributed by atoms with van der Waals surface area (Å²) in [6.45, 7) is 6.82. The second kappa shape index (κ2) is 5.27. The van der Waals surface area contributed by atoms with Crippen molar-refractivity contribution >= 4 is 17.5 Å². The Morgan fingerprint density at radius 3 is 2.52 bits per heavy atom. The van der Waals surface area contributed by atoms with Gasteiger partial charge < -0.3 is 4.74 Å². The molecule has 1 aromatic rings. The van der Waals surface area contributed by atoms with Gasteiger partial charge in [-0.2, -0.15) is 0 Å². The molecule has 2 atom stereocenters. The normalized spacial score (nSPS) is 26.5. The first kappa shape index (κ1) is 14.8. The van der Waals surface area contributed by atoms with Crippen molar-refractivity contribution < 1.29 is 9.53 Å². The number of benzene rings is 1. The summed E-state index contributed by atoms with van der Waals surface area (Å²) in [6, 6.07) is 8.05. The van der Waals surface area contributed by atoms with Crippen molar-refractivity contribution in [3.8, 4) is 0 Å². The average Bonchev–Trinajstić information content (AvgIpc) is 2.91. The van der Waals surface area contributed by atoms with Gasteiger partial charge in [0.1, 0.15) is 6.23 Å². The van der Waals surface area contributed by atoms with Crippen molar-refractivity contribution in [3.63, 3.8) is 0 Å².